The minimum absolute atomic E-state index is 0.184. The molecule has 0 saturated carbocycles. The first-order valence-corrected chi connectivity index (χ1v) is 4.46. The zero-order valence-electron chi connectivity index (χ0n) is 7.76. The zero-order valence-corrected chi connectivity index (χ0v) is 7.76. The highest BCUT2D eigenvalue weighted by molar-refractivity contribution is 5.17. The van der Waals surface area contributed by atoms with E-state index < -0.39 is 0 Å². The van der Waals surface area contributed by atoms with E-state index in [0.29, 0.717) is 6.42 Å². The van der Waals surface area contributed by atoms with Gasteiger partial charge in [-0.15, -0.1) is 0 Å². The summed E-state index contributed by atoms with van der Waals surface area (Å²) in [4.78, 5) is 0. The van der Waals surface area contributed by atoms with Crippen LogP contribution in [0.5, 0.6) is 0 Å². The van der Waals surface area contributed by atoms with Crippen LogP contribution in [-0.4, -0.2) is 0 Å². The van der Waals surface area contributed by atoms with Gasteiger partial charge in [-0.3, -0.25) is 0 Å². The fourth-order valence-electron chi connectivity index (χ4n) is 0.996. The Balaban J connectivity index is 2.58. The van der Waals surface area contributed by atoms with Crippen LogP contribution < -0.4 is 0 Å². The van der Waals surface area contributed by atoms with Gasteiger partial charge in [0, 0.05) is 6.42 Å². The van der Waals surface area contributed by atoms with Gasteiger partial charge in [0.15, 0.2) is 0 Å². The molecule has 0 radical (unpaired) electrons. The van der Waals surface area contributed by atoms with Crippen LogP contribution in [0.2, 0.25) is 0 Å². The third-order valence-electron chi connectivity index (χ3n) is 1.75. The Morgan fingerprint density at radius 2 is 2.08 bits per heavy atom. The van der Waals surface area contributed by atoms with E-state index in [1.54, 1.807) is 13.0 Å². The van der Waals surface area contributed by atoms with E-state index in [2.05, 4.69) is 5.73 Å². The average Bonchev–Trinajstić information content (AvgIpc) is 2.19. The Bertz CT molecular complexity index is 305. The van der Waals surface area contributed by atoms with E-state index in [9.17, 15) is 4.39 Å². The van der Waals surface area contributed by atoms with E-state index in [0.717, 1.165) is 6.42 Å². The molecule has 1 heteroatoms. The van der Waals surface area contributed by atoms with Gasteiger partial charge in [-0.1, -0.05) is 43.0 Å². The summed E-state index contributed by atoms with van der Waals surface area (Å²) in [6.45, 7) is 1.78. The molecule has 0 saturated heterocycles. The molecule has 1 rings (SSSR count). The minimum Gasteiger partial charge on any atom is -0.203 e. The molecule has 0 fully saturated rings. The van der Waals surface area contributed by atoms with Crippen LogP contribution in [0, 0.1) is 0 Å². The van der Waals surface area contributed by atoms with Crippen LogP contribution in [0.15, 0.2) is 48.0 Å². The lowest BCUT2D eigenvalue weighted by molar-refractivity contribution is 0.606. The first-order valence-electron chi connectivity index (χ1n) is 4.46. The SMILES string of the molecule is CCC(F)=C=CCc1ccccc1. The first-order chi connectivity index (χ1) is 6.33. The van der Waals surface area contributed by atoms with E-state index >= 15 is 0 Å². The third kappa shape index (κ3) is 3.73. The highest BCUT2D eigenvalue weighted by Gasteiger charge is 1.86. The van der Waals surface area contributed by atoms with E-state index in [-0.39, 0.29) is 5.83 Å². The molecule has 13 heavy (non-hydrogen) atoms. The maximum absolute atomic E-state index is 12.6. The summed E-state index contributed by atoms with van der Waals surface area (Å²) in [6.07, 6.45) is 2.90. The zero-order chi connectivity index (χ0) is 9.52. The van der Waals surface area contributed by atoms with E-state index in [1.165, 1.54) is 5.56 Å². The molecular formula is C12H13F. The second-order valence-corrected chi connectivity index (χ2v) is 2.80. The van der Waals surface area contributed by atoms with Gasteiger partial charge in [-0.05, 0) is 18.1 Å². The molecule has 0 amide bonds. The van der Waals surface area contributed by atoms with Gasteiger partial charge >= 0.3 is 0 Å². The number of hydrogen-bond donors (Lipinski definition) is 0. The second-order valence-electron chi connectivity index (χ2n) is 2.80. The van der Waals surface area contributed by atoms with Crippen molar-refractivity contribution in [3.63, 3.8) is 0 Å². The molecule has 0 nitrogen and oxygen atoms in total. The fraction of sp³-hybridized carbons (Fsp3) is 0.250. The lowest BCUT2D eigenvalue weighted by Gasteiger charge is -1.91. The summed E-state index contributed by atoms with van der Waals surface area (Å²) in [5.41, 5.74) is 3.79. The van der Waals surface area contributed by atoms with Gasteiger partial charge < -0.3 is 0 Å². The molecule has 1 aromatic rings. The van der Waals surface area contributed by atoms with Crippen LogP contribution in [-0.2, 0) is 6.42 Å². The largest absolute Gasteiger partial charge is 0.203 e. The molecule has 0 spiro atoms. The van der Waals surface area contributed by atoms with Crippen molar-refractivity contribution in [2.75, 3.05) is 0 Å². The van der Waals surface area contributed by atoms with Crippen LogP contribution in [0.1, 0.15) is 18.9 Å². The van der Waals surface area contributed by atoms with Crippen molar-refractivity contribution in [2.45, 2.75) is 19.8 Å². The molecule has 0 aliphatic rings. The molecule has 0 aliphatic heterocycles. The Kier molecular flexibility index (Phi) is 4.01. The third-order valence-corrected chi connectivity index (χ3v) is 1.75. The average molecular weight is 176 g/mol. The monoisotopic (exact) mass is 176 g/mol. The standard InChI is InChI=1S/C12H13F/c1-2-12(13)10-6-9-11-7-4-3-5-8-11/h3-8H,2,9H2,1H3. The molecule has 0 aliphatic carbocycles. The van der Waals surface area contributed by atoms with Crippen molar-refractivity contribution in [3.8, 4) is 0 Å². The normalized spacial score (nSPS) is 9.08. The number of rotatable bonds is 3. The summed E-state index contributed by atoms with van der Waals surface area (Å²) in [5, 5.41) is 0. The quantitative estimate of drug-likeness (QED) is 0.617. The number of benzene rings is 1. The molecule has 1 aromatic carbocycles. The lowest BCUT2D eigenvalue weighted by atomic mass is 10.1. The Labute approximate surface area is 78.4 Å². The van der Waals surface area contributed by atoms with Gasteiger partial charge in [0.1, 0.15) is 5.83 Å². The van der Waals surface area contributed by atoms with Crippen LogP contribution in [0.4, 0.5) is 4.39 Å². The summed E-state index contributed by atoms with van der Waals surface area (Å²) in [6, 6.07) is 9.95. The van der Waals surface area contributed by atoms with Crippen LogP contribution >= 0.6 is 0 Å². The maximum Gasteiger partial charge on any atom is 0.141 e. The van der Waals surface area contributed by atoms with Crippen molar-refractivity contribution < 1.29 is 4.39 Å². The van der Waals surface area contributed by atoms with Crippen LogP contribution in [0.25, 0.3) is 0 Å². The lowest BCUT2D eigenvalue weighted by Crippen LogP contribution is -1.77. The molecule has 68 valence electrons. The maximum atomic E-state index is 12.6. The topological polar surface area (TPSA) is 0 Å². The van der Waals surface area contributed by atoms with Crippen molar-refractivity contribution in [2.24, 2.45) is 0 Å². The highest BCUT2D eigenvalue weighted by atomic mass is 19.1. The highest BCUT2D eigenvalue weighted by Crippen LogP contribution is 2.02. The number of hydrogen-bond acceptors (Lipinski definition) is 0. The van der Waals surface area contributed by atoms with Crippen molar-refractivity contribution >= 4 is 0 Å². The fourth-order valence-corrected chi connectivity index (χ4v) is 0.996. The van der Waals surface area contributed by atoms with Gasteiger partial charge in [0.25, 0.3) is 0 Å². The molecule has 0 heterocycles. The molecule has 0 aromatic heterocycles. The van der Waals surface area contributed by atoms with Gasteiger partial charge in [0.05, 0.1) is 0 Å². The summed E-state index contributed by atoms with van der Waals surface area (Å²) in [5.74, 6) is -0.184. The predicted molar refractivity (Wildman–Crippen MR) is 53.1 cm³/mol. The number of allylic oxidation sites excluding steroid dienone is 1. The van der Waals surface area contributed by atoms with E-state index in [4.69, 9.17) is 0 Å². The van der Waals surface area contributed by atoms with Gasteiger partial charge in [0.2, 0.25) is 0 Å². The van der Waals surface area contributed by atoms with Crippen molar-refractivity contribution in [1.82, 2.24) is 0 Å². The minimum atomic E-state index is -0.184. The van der Waals surface area contributed by atoms with Gasteiger partial charge in [-0.25, -0.2) is 4.39 Å². The van der Waals surface area contributed by atoms with E-state index in [1.807, 2.05) is 30.3 Å². The molecule has 0 unspecified atom stereocenters. The summed E-state index contributed by atoms with van der Waals surface area (Å²) in [7, 11) is 0. The molecule has 0 N–H and O–H groups in total. The van der Waals surface area contributed by atoms with Crippen molar-refractivity contribution in [1.29, 1.82) is 0 Å². The Hall–Kier alpha value is -1.33. The van der Waals surface area contributed by atoms with Crippen LogP contribution in [0.3, 0.4) is 0 Å². The second kappa shape index (κ2) is 5.34. The molecular weight excluding hydrogens is 163 g/mol. The summed E-state index contributed by atoms with van der Waals surface area (Å²) >= 11 is 0. The summed E-state index contributed by atoms with van der Waals surface area (Å²) < 4.78 is 12.6. The predicted octanol–water partition coefficient (Wildman–Crippen LogP) is 3.65. The first kappa shape index (κ1) is 9.76. The van der Waals surface area contributed by atoms with Gasteiger partial charge in [-0.2, -0.15) is 0 Å². The molecule has 0 atom stereocenters. The Morgan fingerprint density at radius 3 is 2.69 bits per heavy atom. The smallest absolute Gasteiger partial charge is 0.141 e. The number of halogens is 1. The molecule has 0 bridgehead atoms. The Morgan fingerprint density at radius 1 is 1.38 bits per heavy atom. The van der Waals surface area contributed by atoms with Crippen molar-refractivity contribution in [3.05, 3.63) is 53.5 Å².